The van der Waals surface area contributed by atoms with Gasteiger partial charge < -0.3 is 4.74 Å². The van der Waals surface area contributed by atoms with Gasteiger partial charge >= 0.3 is 0 Å². The Kier molecular flexibility index (Phi) is 13.9. The van der Waals surface area contributed by atoms with Gasteiger partial charge in [-0.2, -0.15) is 0 Å². The first kappa shape index (κ1) is 20.4. The third-order valence-electron chi connectivity index (χ3n) is 3.14. The molecule has 0 aliphatic rings. The Balaban J connectivity index is 3.78. The van der Waals surface area contributed by atoms with Gasteiger partial charge in [0.2, 0.25) is 0 Å². The molecule has 0 rings (SSSR count). The summed E-state index contributed by atoms with van der Waals surface area (Å²) in [5.41, 5.74) is 4.32. The zero-order valence-corrected chi connectivity index (χ0v) is 15.7. The minimum absolute atomic E-state index is 0.693. The van der Waals surface area contributed by atoms with E-state index in [-0.39, 0.29) is 0 Å². The van der Waals surface area contributed by atoms with Crippen LogP contribution in [0.2, 0.25) is 0 Å². The van der Waals surface area contributed by atoms with Gasteiger partial charge in [-0.25, -0.2) is 0 Å². The van der Waals surface area contributed by atoms with E-state index in [1.165, 1.54) is 23.1 Å². The van der Waals surface area contributed by atoms with Crippen molar-refractivity contribution in [2.45, 2.75) is 53.4 Å². The maximum absolute atomic E-state index is 5.50. The van der Waals surface area contributed by atoms with Crippen LogP contribution in [-0.2, 0) is 4.74 Å². The maximum Gasteiger partial charge on any atom is 0.0654 e. The van der Waals surface area contributed by atoms with E-state index in [0.717, 1.165) is 24.6 Å². The molecule has 0 spiro atoms. The highest BCUT2D eigenvalue weighted by atomic mass is 79.9. The smallest absolute Gasteiger partial charge is 0.0654 e. The van der Waals surface area contributed by atoms with Crippen molar-refractivity contribution < 1.29 is 4.74 Å². The van der Waals surface area contributed by atoms with Crippen LogP contribution >= 0.6 is 15.9 Å². The predicted molar refractivity (Wildman–Crippen MR) is 99.2 cm³/mol. The molecule has 2 heteroatoms. The average molecular weight is 355 g/mol. The number of halogens is 1. The lowest BCUT2D eigenvalue weighted by Gasteiger charge is -2.02. The van der Waals surface area contributed by atoms with Crippen LogP contribution in [0.3, 0.4) is 0 Å². The van der Waals surface area contributed by atoms with Crippen molar-refractivity contribution in [3.8, 4) is 0 Å². The highest BCUT2D eigenvalue weighted by Gasteiger charge is 1.92. The molecule has 0 bridgehead atoms. The van der Waals surface area contributed by atoms with Crippen LogP contribution < -0.4 is 0 Å². The molecule has 120 valence electrons. The fraction of sp³-hybridized carbons (Fsp3) is 0.579. The lowest BCUT2D eigenvalue weighted by molar-refractivity contribution is 0.193. The van der Waals surface area contributed by atoms with Gasteiger partial charge in [-0.15, -0.1) is 0 Å². The van der Waals surface area contributed by atoms with Crippen molar-refractivity contribution >= 4 is 15.9 Å². The van der Waals surface area contributed by atoms with E-state index in [1.54, 1.807) is 0 Å². The number of hydrogen-bond donors (Lipinski definition) is 0. The summed E-state index contributed by atoms with van der Waals surface area (Å²) >= 11 is 3.34. The molecule has 0 unspecified atom stereocenters. The van der Waals surface area contributed by atoms with Crippen molar-refractivity contribution in [2.75, 3.05) is 18.5 Å². The van der Waals surface area contributed by atoms with E-state index in [9.17, 15) is 0 Å². The van der Waals surface area contributed by atoms with Gasteiger partial charge in [0, 0.05) is 5.33 Å². The van der Waals surface area contributed by atoms with Gasteiger partial charge in [-0.1, -0.05) is 63.0 Å². The van der Waals surface area contributed by atoms with E-state index in [0.29, 0.717) is 13.2 Å². The lowest BCUT2D eigenvalue weighted by atomic mass is 10.1. The Hall–Kier alpha value is -0.600. The minimum atomic E-state index is 0.693. The van der Waals surface area contributed by atoms with Gasteiger partial charge in [0.05, 0.1) is 13.2 Å². The topological polar surface area (TPSA) is 9.23 Å². The number of rotatable bonds is 11. The molecular weight excluding hydrogens is 324 g/mol. The normalized spacial score (nSPS) is 13.0. The molecule has 0 aliphatic heterocycles. The van der Waals surface area contributed by atoms with Crippen molar-refractivity contribution in [3.05, 3.63) is 47.1 Å². The standard InChI is InChI=1S/C19H31BrO/c1-17(2)9-7-10-18(3)11-8-12-19(4)13-16-21-15-6-5-14-20/h5-6,9,11,13H,7-8,10,12,14-16H2,1-4H3/b6-5+,18-11+,19-13+. The van der Waals surface area contributed by atoms with E-state index in [1.807, 2.05) is 6.08 Å². The van der Waals surface area contributed by atoms with Crippen molar-refractivity contribution in [1.29, 1.82) is 0 Å². The molecule has 0 N–H and O–H groups in total. The zero-order valence-electron chi connectivity index (χ0n) is 14.1. The first-order chi connectivity index (χ1) is 10.1. The first-order valence-corrected chi connectivity index (χ1v) is 8.91. The van der Waals surface area contributed by atoms with E-state index >= 15 is 0 Å². The van der Waals surface area contributed by atoms with Crippen LogP contribution in [-0.4, -0.2) is 18.5 Å². The monoisotopic (exact) mass is 354 g/mol. The van der Waals surface area contributed by atoms with E-state index < -0.39 is 0 Å². The number of ether oxygens (including phenoxy) is 1. The van der Waals surface area contributed by atoms with Gasteiger partial charge in [-0.3, -0.25) is 0 Å². The molecule has 0 radical (unpaired) electrons. The fourth-order valence-corrected chi connectivity index (χ4v) is 2.07. The van der Waals surface area contributed by atoms with Crippen molar-refractivity contribution in [3.63, 3.8) is 0 Å². The summed E-state index contributed by atoms with van der Waals surface area (Å²) in [6.07, 6.45) is 15.6. The Morgan fingerprint density at radius 3 is 2.05 bits per heavy atom. The SMILES string of the molecule is CC(C)=CCC/C(C)=C/CC/C(C)=C/COC/C=C/CBr. The zero-order chi connectivity index (χ0) is 15.9. The second-order valence-electron chi connectivity index (χ2n) is 5.62. The molecule has 1 nitrogen and oxygen atoms in total. The van der Waals surface area contributed by atoms with Crippen molar-refractivity contribution in [2.24, 2.45) is 0 Å². The highest BCUT2D eigenvalue weighted by molar-refractivity contribution is 9.09. The summed E-state index contributed by atoms with van der Waals surface area (Å²) in [5.74, 6) is 0. The highest BCUT2D eigenvalue weighted by Crippen LogP contribution is 2.11. The largest absolute Gasteiger partial charge is 0.373 e. The van der Waals surface area contributed by atoms with Crippen LogP contribution in [0.25, 0.3) is 0 Å². The fourth-order valence-electron chi connectivity index (χ4n) is 1.81. The number of allylic oxidation sites excluding steroid dienone is 6. The maximum atomic E-state index is 5.50. The molecule has 0 heterocycles. The Labute approximate surface area is 140 Å². The molecule has 0 aromatic heterocycles. The van der Waals surface area contributed by atoms with Gasteiger partial charge in [0.25, 0.3) is 0 Å². The summed E-state index contributed by atoms with van der Waals surface area (Å²) in [6, 6.07) is 0. The Bertz CT molecular complexity index is 371. The summed E-state index contributed by atoms with van der Waals surface area (Å²) in [6.45, 7) is 10.1. The molecule has 0 fully saturated rings. The van der Waals surface area contributed by atoms with Crippen LogP contribution in [0.4, 0.5) is 0 Å². The van der Waals surface area contributed by atoms with Crippen LogP contribution in [0.15, 0.2) is 47.1 Å². The molecule has 0 saturated heterocycles. The third-order valence-corrected chi connectivity index (χ3v) is 3.52. The average Bonchev–Trinajstić information content (AvgIpc) is 2.42. The molecule has 0 aromatic carbocycles. The van der Waals surface area contributed by atoms with Crippen molar-refractivity contribution in [1.82, 2.24) is 0 Å². The summed E-state index contributed by atoms with van der Waals surface area (Å²) in [4.78, 5) is 0. The Morgan fingerprint density at radius 1 is 0.810 bits per heavy atom. The van der Waals surface area contributed by atoms with Crippen LogP contribution in [0.5, 0.6) is 0 Å². The molecule has 21 heavy (non-hydrogen) atoms. The minimum Gasteiger partial charge on any atom is -0.373 e. The van der Waals surface area contributed by atoms with E-state index in [4.69, 9.17) is 4.74 Å². The number of hydrogen-bond acceptors (Lipinski definition) is 1. The predicted octanol–water partition coefficient (Wildman–Crippen LogP) is 6.37. The molecule has 0 aliphatic carbocycles. The number of alkyl halides is 1. The first-order valence-electron chi connectivity index (χ1n) is 7.79. The second-order valence-corrected chi connectivity index (χ2v) is 6.27. The summed E-state index contributed by atoms with van der Waals surface area (Å²) in [5, 5.41) is 0.893. The molecule has 0 amide bonds. The quantitative estimate of drug-likeness (QED) is 0.238. The van der Waals surface area contributed by atoms with Gasteiger partial charge in [-0.05, 0) is 53.4 Å². The Morgan fingerprint density at radius 2 is 1.43 bits per heavy atom. The van der Waals surface area contributed by atoms with Crippen LogP contribution in [0, 0.1) is 0 Å². The van der Waals surface area contributed by atoms with Gasteiger partial charge in [0.15, 0.2) is 0 Å². The molecule has 0 saturated carbocycles. The van der Waals surface area contributed by atoms with E-state index in [2.05, 4.69) is 67.9 Å². The third kappa shape index (κ3) is 15.6. The van der Waals surface area contributed by atoms with Crippen LogP contribution in [0.1, 0.15) is 53.4 Å². The molecule has 0 aromatic rings. The second kappa shape index (κ2) is 14.3. The molecule has 0 atom stereocenters. The molecular formula is C19H31BrO. The summed E-state index contributed by atoms with van der Waals surface area (Å²) in [7, 11) is 0. The lowest BCUT2D eigenvalue weighted by Crippen LogP contribution is -1.92. The van der Waals surface area contributed by atoms with Gasteiger partial charge in [0.1, 0.15) is 0 Å². The summed E-state index contributed by atoms with van der Waals surface area (Å²) < 4.78 is 5.50.